The Kier molecular flexibility index (Phi) is 6.05. The van der Waals surface area contributed by atoms with Crippen LogP contribution in [0.3, 0.4) is 0 Å². The average Bonchev–Trinajstić information content (AvgIpc) is 2.44. The molecule has 1 fully saturated rings. The van der Waals surface area contributed by atoms with E-state index >= 15 is 0 Å². The number of piperidine rings is 1. The van der Waals surface area contributed by atoms with Crippen molar-refractivity contribution in [1.29, 1.82) is 0 Å². The predicted octanol–water partition coefficient (Wildman–Crippen LogP) is 1.70. The van der Waals surface area contributed by atoms with E-state index in [0.717, 1.165) is 32.5 Å². The van der Waals surface area contributed by atoms with Crippen molar-refractivity contribution < 1.29 is 9.90 Å². The van der Waals surface area contributed by atoms with Gasteiger partial charge in [-0.15, -0.1) is 0 Å². The van der Waals surface area contributed by atoms with Gasteiger partial charge in [-0.1, -0.05) is 18.6 Å². The maximum atomic E-state index is 11.9. The van der Waals surface area contributed by atoms with Crippen LogP contribution in [0.5, 0.6) is 0 Å². The van der Waals surface area contributed by atoms with Gasteiger partial charge in [-0.25, -0.2) is 0 Å². The van der Waals surface area contributed by atoms with Gasteiger partial charge >= 0.3 is 0 Å². The second-order valence-corrected chi connectivity index (χ2v) is 6.28. The van der Waals surface area contributed by atoms with E-state index in [4.69, 9.17) is 0 Å². The summed E-state index contributed by atoms with van der Waals surface area (Å²) in [5.41, 5.74) is 1.51. The van der Waals surface area contributed by atoms with Crippen molar-refractivity contribution in [3.63, 3.8) is 0 Å². The molecule has 0 saturated carbocycles. The molecule has 4 nitrogen and oxygen atoms in total. The molecule has 20 heavy (non-hydrogen) atoms. The van der Waals surface area contributed by atoms with Crippen LogP contribution in [0.25, 0.3) is 0 Å². The van der Waals surface area contributed by atoms with Crippen molar-refractivity contribution in [1.82, 2.24) is 10.2 Å². The molecule has 1 saturated heterocycles. The first-order chi connectivity index (χ1) is 9.65. The second-order valence-electron chi connectivity index (χ2n) is 6.28. The van der Waals surface area contributed by atoms with Crippen molar-refractivity contribution in [2.45, 2.75) is 51.6 Å². The highest BCUT2D eigenvalue weighted by molar-refractivity contribution is 5.78. The molecule has 2 N–H and O–H groups in total. The van der Waals surface area contributed by atoms with Crippen LogP contribution in [-0.2, 0) is 4.79 Å². The van der Waals surface area contributed by atoms with Crippen LogP contribution in [-0.4, -0.2) is 48.2 Å². The lowest BCUT2D eigenvalue weighted by molar-refractivity contribution is -0.123. The van der Waals surface area contributed by atoms with Crippen LogP contribution in [0, 0.1) is 5.92 Å². The first-order valence-corrected chi connectivity index (χ1v) is 8.00. The highest BCUT2D eigenvalue weighted by Gasteiger charge is 2.25. The maximum absolute atomic E-state index is 11.9. The maximum Gasteiger partial charge on any atom is 0.234 e. The summed E-state index contributed by atoms with van der Waals surface area (Å²) in [4.78, 5) is 14.1. The minimum atomic E-state index is -0.201. The van der Waals surface area contributed by atoms with E-state index in [-0.39, 0.29) is 17.9 Å². The zero-order chi connectivity index (χ0) is 14.4. The van der Waals surface area contributed by atoms with Crippen LogP contribution in [0.2, 0.25) is 0 Å². The Hall–Kier alpha value is -0.870. The lowest BCUT2D eigenvalue weighted by atomic mass is 9.97. The fourth-order valence-electron chi connectivity index (χ4n) is 3.12. The molecule has 0 aromatic carbocycles. The van der Waals surface area contributed by atoms with Gasteiger partial charge in [-0.2, -0.15) is 0 Å². The summed E-state index contributed by atoms with van der Waals surface area (Å²) in [5.74, 6) is 0.383. The Labute approximate surface area is 122 Å². The van der Waals surface area contributed by atoms with Crippen molar-refractivity contribution >= 4 is 5.91 Å². The molecular formula is C16H28N2O2. The number of hydrogen-bond donors (Lipinski definition) is 2. The number of aliphatic hydroxyl groups excluding tert-OH is 1. The number of nitrogens with one attached hydrogen (secondary N) is 1. The third-order valence-electron chi connectivity index (χ3n) is 4.46. The molecule has 0 aromatic heterocycles. The molecule has 2 rings (SSSR count). The predicted molar refractivity (Wildman–Crippen MR) is 80.4 cm³/mol. The number of carbonyl (C=O) groups excluding carboxylic acids is 1. The minimum Gasteiger partial charge on any atom is -0.393 e. The van der Waals surface area contributed by atoms with Gasteiger partial charge in [0.15, 0.2) is 0 Å². The quantitative estimate of drug-likeness (QED) is 0.754. The van der Waals surface area contributed by atoms with Crippen molar-refractivity contribution in [3.05, 3.63) is 11.6 Å². The van der Waals surface area contributed by atoms with Crippen LogP contribution in [0.1, 0.15) is 45.4 Å². The second kappa shape index (κ2) is 7.79. The molecule has 2 unspecified atom stereocenters. The Morgan fingerprint density at radius 2 is 2.35 bits per heavy atom. The number of carbonyl (C=O) groups is 1. The number of nitrogens with zero attached hydrogens (tertiary/aromatic N) is 1. The minimum absolute atomic E-state index is 0.116. The molecule has 1 heterocycles. The van der Waals surface area contributed by atoms with Crippen molar-refractivity contribution in [3.8, 4) is 0 Å². The van der Waals surface area contributed by atoms with Gasteiger partial charge < -0.3 is 10.4 Å². The number of amides is 1. The van der Waals surface area contributed by atoms with Crippen LogP contribution < -0.4 is 5.32 Å². The summed E-state index contributed by atoms with van der Waals surface area (Å²) in [6, 6.07) is 0. The summed E-state index contributed by atoms with van der Waals surface area (Å²) in [5, 5.41) is 12.7. The number of likely N-dealkylation sites (tertiary alicyclic amines) is 1. The Bertz CT molecular complexity index is 354. The van der Waals surface area contributed by atoms with Gasteiger partial charge in [0.1, 0.15) is 0 Å². The Morgan fingerprint density at radius 1 is 1.50 bits per heavy atom. The van der Waals surface area contributed by atoms with Crippen LogP contribution >= 0.6 is 0 Å². The van der Waals surface area contributed by atoms with Gasteiger partial charge in [0.05, 0.1) is 12.6 Å². The first kappa shape index (κ1) is 15.5. The zero-order valence-corrected chi connectivity index (χ0v) is 12.6. The molecule has 4 heteroatoms. The van der Waals surface area contributed by atoms with E-state index < -0.39 is 0 Å². The molecule has 0 bridgehead atoms. The van der Waals surface area contributed by atoms with Gasteiger partial charge in [-0.3, -0.25) is 9.69 Å². The Morgan fingerprint density at radius 3 is 3.05 bits per heavy atom. The van der Waals surface area contributed by atoms with E-state index in [2.05, 4.69) is 16.3 Å². The van der Waals surface area contributed by atoms with Crippen molar-refractivity contribution in [2.75, 3.05) is 26.2 Å². The highest BCUT2D eigenvalue weighted by atomic mass is 16.3. The fraction of sp³-hybridized carbons (Fsp3) is 0.812. The summed E-state index contributed by atoms with van der Waals surface area (Å²) in [7, 11) is 0. The molecule has 1 amide bonds. The standard InChI is InChI=1S/C16H28N2O2/c1-13-11-18(10-8-15(13)19)12-16(20)17-9-7-14-5-3-2-4-6-14/h5,13,15,19H,2-4,6-12H2,1H3,(H,17,20). The molecule has 114 valence electrons. The Balaban J connectivity index is 1.61. The SMILES string of the molecule is CC1CN(CC(=O)NCCC2=CCCCC2)CCC1O. The van der Waals surface area contributed by atoms with Crippen LogP contribution in [0.4, 0.5) is 0 Å². The van der Waals surface area contributed by atoms with Gasteiger partial charge in [0.25, 0.3) is 0 Å². The number of allylic oxidation sites excluding steroid dienone is 1. The number of aliphatic hydroxyl groups is 1. The average molecular weight is 280 g/mol. The van der Waals surface area contributed by atoms with E-state index in [1.807, 2.05) is 6.92 Å². The number of hydrogen-bond acceptors (Lipinski definition) is 3. The summed E-state index contributed by atoms with van der Waals surface area (Å²) < 4.78 is 0. The van der Waals surface area contributed by atoms with Gasteiger partial charge in [0, 0.05) is 19.6 Å². The zero-order valence-electron chi connectivity index (χ0n) is 12.6. The van der Waals surface area contributed by atoms with Gasteiger partial charge in [-0.05, 0) is 44.4 Å². The van der Waals surface area contributed by atoms with E-state index in [1.165, 1.54) is 31.3 Å². The van der Waals surface area contributed by atoms with Crippen molar-refractivity contribution in [2.24, 2.45) is 5.92 Å². The summed E-state index contributed by atoms with van der Waals surface area (Å²) in [6.07, 6.45) is 8.94. The molecule has 2 atom stereocenters. The van der Waals surface area contributed by atoms with Gasteiger partial charge in [0.2, 0.25) is 5.91 Å². The molecular weight excluding hydrogens is 252 g/mol. The molecule has 2 aliphatic rings. The van der Waals surface area contributed by atoms with E-state index in [0.29, 0.717) is 6.54 Å². The largest absolute Gasteiger partial charge is 0.393 e. The molecule has 0 radical (unpaired) electrons. The normalized spacial score (nSPS) is 28.0. The highest BCUT2D eigenvalue weighted by Crippen LogP contribution is 2.19. The third-order valence-corrected chi connectivity index (χ3v) is 4.46. The fourth-order valence-corrected chi connectivity index (χ4v) is 3.12. The third kappa shape index (κ3) is 4.91. The molecule has 0 spiro atoms. The first-order valence-electron chi connectivity index (χ1n) is 8.00. The van der Waals surface area contributed by atoms with E-state index in [1.54, 1.807) is 0 Å². The summed E-state index contributed by atoms with van der Waals surface area (Å²) in [6.45, 7) is 4.92. The monoisotopic (exact) mass is 280 g/mol. The van der Waals surface area contributed by atoms with E-state index in [9.17, 15) is 9.90 Å². The molecule has 0 aromatic rings. The lowest BCUT2D eigenvalue weighted by Crippen LogP contribution is -2.46. The molecule has 1 aliphatic heterocycles. The lowest BCUT2D eigenvalue weighted by Gasteiger charge is -2.33. The smallest absolute Gasteiger partial charge is 0.234 e. The molecule has 1 aliphatic carbocycles. The number of rotatable bonds is 5. The topological polar surface area (TPSA) is 52.6 Å². The van der Waals surface area contributed by atoms with Crippen LogP contribution in [0.15, 0.2) is 11.6 Å². The summed E-state index contributed by atoms with van der Waals surface area (Å²) >= 11 is 0.